The Morgan fingerprint density at radius 2 is 0.780 bits per heavy atom. The van der Waals surface area contributed by atoms with E-state index in [-0.39, 0.29) is 21.0 Å². The number of hydrogen-bond donors (Lipinski definition) is 1. The Morgan fingerprint density at radius 3 is 1.07 bits per heavy atom. The van der Waals surface area contributed by atoms with Crippen molar-refractivity contribution in [1.82, 2.24) is 0 Å². The molecule has 1 atom stereocenters. The van der Waals surface area contributed by atoms with E-state index in [0.29, 0.717) is 6.08 Å². The standard InChI is InChI=1S/C19H22F18O4.C8H8F6O4/c1-6-12(9(3,20)21,10(4,22)23)15(28,29)40-16(30,31)13(7-2,11(5,24)25)17(32,33)41-19(36,37)18(34,35)39-14(26,27)8-38;1-3-5(15)17-4-6(9,10)18-8(13,14)7(11,12)16-2/h38H,6-8H2,1-5H3;3H,1,4H2,2H3. The molecule has 59 heavy (non-hydrogen) atoms. The summed E-state index contributed by atoms with van der Waals surface area (Å²) in [5.74, 6) is -18.5. The van der Waals surface area contributed by atoms with Crippen molar-refractivity contribution in [2.75, 3.05) is 20.3 Å². The normalized spacial score (nSPS) is 16.3. The molecule has 0 radical (unpaired) electrons. The van der Waals surface area contributed by atoms with Crippen molar-refractivity contribution in [3.8, 4) is 0 Å². The summed E-state index contributed by atoms with van der Waals surface area (Å²) >= 11 is 0. The number of rotatable bonds is 23. The summed E-state index contributed by atoms with van der Waals surface area (Å²) in [6.07, 6.45) is -61.7. The van der Waals surface area contributed by atoms with Crippen LogP contribution in [-0.2, 0) is 33.2 Å². The minimum Gasteiger partial charge on any atom is -0.453 e. The fraction of sp³-hybridized carbons (Fsp3) is 0.889. The number of carbonyl (C=O) groups is 1. The number of aliphatic hydroxyl groups excluding tert-OH is 1. The highest BCUT2D eigenvalue weighted by Crippen LogP contribution is 2.66. The van der Waals surface area contributed by atoms with Gasteiger partial charge >= 0.3 is 60.9 Å². The number of halogens is 24. The van der Waals surface area contributed by atoms with Gasteiger partial charge in [-0.15, -0.1) is 0 Å². The number of hydrogen-bond acceptors (Lipinski definition) is 8. The van der Waals surface area contributed by atoms with E-state index in [2.05, 4.69) is 35.0 Å². The van der Waals surface area contributed by atoms with Gasteiger partial charge in [0, 0.05) is 34.0 Å². The number of esters is 1. The topological polar surface area (TPSA) is 92.7 Å². The van der Waals surface area contributed by atoms with Crippen LogP contribution in [0, 0.1) is 10.8 Å². The largest absolute Gasteiger partial charge is 0.453 e. The first-order valence-corrected chi connectivity index (χ1v) is 14.8. The maximum atomic E-state index is 15.0. The molecule has 0 saturated carbocycles. The quantitative estimate of drug-likeness (QED) is 0.0615. The summed E-state index contributed by atoms with van der Waals surface area (Å²) in [6.45, 7) is -4.57. The van der Waals surface area contributed by atoms with Crippen LogP contribution in [-0.4, -0.2) is 104 Å². The van der Waals surface area contributed by atoms with Gasteiger partial charge < -0.3 is 14.6 Å². The summed E-state index contributed by atoms with van der Waals surface area (Å²) in [6, 6.07) is 0. The van der Waals surface area contributed by atoms with Gasteiger partial charge in [-0.3, -0.25) is 4.74 Å². The van der Waals surface area contributed by atoms with E-state index in [4.69, 9.17) is 5.11 Å². The van der Waals surface area contributed by atoms with Crippen LogP contribution in [0.5, 0.6) is 0 Å². The van der Waals surface area contributed by atoms with Gasteiger partial charge in [-0.2, -0.15) is 79.0 Å². The lowest BCUT2D eigenvalue weighted by molar-refractivity contribution is -0.561. The maximum Gasteiger partial charge on any atom is 0.453 e. The van der Waals surface area contributed by atoms with Crippen molar-refractivity contribution >= 4 is 5.97 Å². The maximum absolute atomic E-state index is 15.0. The van der Waals surface area contributed by atoms with Gasteiger partial charge in [0.25, 0.3) is 17.8 Å². The molecular weight excluding hydrogens is 908 g/mol. The summed E-state index contributed by atoms with van der Waals surface area (Å²) < 4.78 is 346. The molecular formula is C27H30F24O8. The second kappa shape index (κ2) is 17.9. The van der Waals surface area contributed by atoms with Crippen LogP contribution in [0.25, 0.3) is 0 Å². The van der Waals surface area contributed by atoms with Crippen LogP contribution in [0.1, 0.15) is 47.5 Å². The Labute approximate surface area is 314 Å². The van der Waals surface area contributed by atoms with Gasteiger partial charge in [-0.05, 0) is 12.8 Å². The van der Waals surface area contributed by atoms with Crippen molar-refractivity contribution in [2.45, 2.75) is 120 Å². The van der Waals surface area contributed by atoms with Gasteiger partial charge in [0.1, 0.15) is 6.61 Å². The number of aliphatic hydroxyl groups is 1. The summed E-state index contributed by atoms with van der Waals surface area (Å²) in [5.41, 5.74) is -11.8. The second-order valence-corrected chi connectivity index (χ2v) is 11.7. The van der Waals surface area contributed by atoms with E-state index in [9.17, 15) is 101 Å². The van der Waals surface area contributed by atoms with Crippen molar-refractivity contribution < 1.29 is 144 Å². The molecule has 0 aliphatic heterocycles. The molecule has 32 heteroatoms. The van der Waals surface area contributed by atoms with Gasteiger partial charge in [-0.1, -0.05) is 20.4 Å². The zero-order valence-electron chi connectivity index (χ0n) is 30.0. The monoisotopic (exact) mass is 938 g/mol. The van der Waals surface area contributed by atoms with E-state index in [1.165, 1.54) is 0 Å². The first-order chi connectivity index (χ1) is 25.5. The molecule has 0 spiro atoms. The van der Waals surface area contributed by atoms with E-state index >= 15 is 8.78 Å². The van der Waals surface area contributed by atoms with Gasteiger partial charge in [0.2, 0.25) is 5.41 Å². The highest BCUT2D eigenvalue weighted by atomic mass is 19.4. The van der Waals surface area contributed by atoms with Crippen LogP contribution < -0.4 is 0 Å². The minimum atomic E-state index is -7.33. The van der Waals surface area contributed by atoms with Crippen molar-refractivity contribution in [1.29, 1.82) is 0 Å². The van der Waals surface area contributed by atoms with Gasteiger partial charge in [0.15, 0.2) is 12.0 Å². The highest BCUT2D eigenvalue weighted by molar-refractivity contribution is 5.81. The SMILES string of the molecule is C=CC(=O)OCC(F)(F)OC(F)(F)C(F)(F)OC.CCC(C(C)(F)F)(C(C)(F)F)C(F)(F)OC(F)(F)C(CC)(C(C)(F)F)C(F)(F)OC(F)(F)C(F)(F)OC(F)(F)CO. The lowest BCUT2D eigenvalue weighted by atomic mass is 9.72. The molecule has 1 unspecified atom stereocenters. The Bertz CT molecular complexity index is 1380. The smallest absolute Gasteiger partial charge is 0.453 e. The van der Waals surface area contributed by atoms with Gasteiger partial charge in [0.05, 0.1) is 0 Å². The van der Waals surface area contributed by atoms with Gasteiger partial charge in [-0.25, -0.2) is 45.3 Å². The molecule has 0 aliphatic carbocycles. The predicted molar refractivity (Wildman–Crippen MR) is 141 cm³/mol. The summed E-state index contributed by atoms with van der Waals surface area (Å²) in [7, 11) is 0.174. The van der Waals surface area contributed by atoms with Crippen molar-refractivity contribution in [3.63, 3.8) is 0 Å². The molecule has 0 rings (SSSR count). The Hall–Kier alpha value is -2.71. The molecule has 0 bridgehead atoms. The molecule has 0 aromatic heterocycles. The van der Waals surface area contributed by atoms with Crippen LogP contribution >= 0.6 is 0 Å². The number of ether oxygens (including phenoxy) is 6. The van der Waals surface area contributed by atoms with E-state index in [1.807, 2.05) is 0 Å². The third kappa shape index (κ3) is 12.2. The van der Waals surface area contributed by atoms with Crippen LogP contribution in [0.3, 0.4) is 0 Å². The van der Waals surface area contributed by atoms with Crippen molar-refractivity contribution in [2.24, 2.45) is 10.8 Å². The highest BCUT2D eigenvalue weighted by Gasteiger charge is 2.86. The number of carbonyl (C=O) groups excluding carboxylic acids is 1. The summed E-state index contributed by atoms with van der Waals surface area (Å²) in [5, 5.41) is 8.11. The lowest BCUT2D eigenvalue weighted by Crippen LogP contribution is -2.70. The fourth-order valence-electron chi connectivity index (χ4n) is 4.66. The molecule has 354 valence electrons. The fourth-order valence-corrected chi connectivity index (χ4v) is 4.66. The summed E-state index contributed by atoms with van der Waals surface area (Å²) in [4.78, 5) is 10.4. The molecule has 8 nitrogen and oxygen atoms in total. The Morgan fingerprint density at radius 1 is 0.492 bits per heavy atom. The Balaban J connectivity index is 0. The minimum absolute atomic E-state index is 0.105. The zero-order chi connectivity index (χ0) is 48.4. The molecule has 0 aromatic carbocycles. The molecule has 0 aromatic rings. The molecule has 0 saturated heterocycles. The average Bonchev–Trinajstić information content (AvgIpc) is 2.96. The van der Waals surface area contributed by atoms with E-state index in [0.717, 1.165) is 0 Å². The lowest BCUT2D eigenvalue weighted by Gasteiger charge is -2.51. The average molecular weight is 938 g/mol. The third-order valence-corrected chi connectivity index (χ3v) is 7.53. The number of alkyl halides is 24. The zero-order valence-corrected chi connectivity index (χ0v) is 30.0. The first-order valence-electron chi connectivity index (χ1n) is 14.8. The van der Waals surface area contributed by atoms with E-state index < -0.39 is 136 Å². The molecule has 0 amide bonds. The van der Waals surface area contributed by atoms with Crippen molar-refractivity contribution in [3.05, 3.63) is 12.7 Å². The molecule has 0 fully saturated rings. The second-order valence-electron chi connectivity index (χ2n) is 11.7. The van der Waals surface area contributed by atoms with Crippen LogP contribution in [0.15, 0.2) is 12.7 Å². The number of methoxy groups -OCH3 is 1. The Kier molecular flexibility index (Phi) is 17.8. The van der Waals surface area contributed by atoms with Crippen LogP contribution in [0.2, 0.25) is 0 Å². The van der Waals surface area contributed by atoms with E-state index in [1.54, 1.807) is 0 Å². The predicted octanol–water partition coefficient (Wildman–Crippen LogP) is 10.5. The molecule has 0 heterocycles. The molecule has 0 aliphatic rings. The first kappa shape index (κ1) is 58.4. The van der Waals surface area contributed by atoms with Crippen LogP contribution in [0.4, 0.5) is 105 Å². The third-order valence-electron chi connectivity index (χ3n) is 7.53. The molecule has 1 N–H and O–H groups in total.